The lowest BCUT2D eigenvalue weighted by atomic mass is 9.95. The second-order valence-corrected chi connectivity index (χ2v) is 7.46. The number of hydrogen-bond donors (Lipinski definition) is 0. The quantitative estimate of drug-likeness (QED) is 0.589. The second kappa shape index (κ2) is 7.87. The first-order valence-corrected chi connectivity index (χ1v) is 10.2. The molecule has 0 saturated heterocycles. The summed E-state index contributed by atoms with van der Waals surface area (Å²) in [7, 11) is 4.99. The maximum Gasteiger partial charge on any atom is 0.217 e. The van der Waals surface area contributed by atoms with Gasteiger partial charge >= 0.3 is 0 Å². The molecule has 0 bridgehead atoms. The molecular formula is C25H24N2O4. The first-order chi connectivity index (χ1) is 15.2. The SMILES string of the molecule is COc1ccc(C2=NN3[C@@H](c4ccccc4OC)Oc4ccccc4[C@@H]3C2)c(OC)c1. The fourth-order valence-corrected chi connectivity index (χ4v) is 4.31. The molecule has 3 aromatic rings. The van der Waals surface area contributed by atoms with E-state index in [1.54, 1.807) is 21.3 Å². The van der Waals surface area contributed by atoms with Gasteiger partial charge in [0.25, 0.3) is 0 Å². The second-order valence-electron chi connectivity index (χ2n) is 7.46. The van der Waals surface area contributed by atoms with Gasteiger partial charge in [-0.3, -0.25) is 0 Å². The third kappa shape index (κ3) is 3.24. The smallest absolute Gasteiger partial charge is 0.217 e. The van der Waals surface area contributed by atoms with Gasteiger partial charge in [-0.05, 0) is 30.3 Å². The highest BCUT2D eigenvalue weighted by Gasteiger charge is 2.42. The molecule has 6 nitrogen and oxygen atoms in total. The minimum absolute atomic E-state index is 0.0571. The minimum Gasteiger partial charge on any atom is -0.497 e. The lowest BCUT2D eigenvalue weighted by Gasteiger charge is -2.38. The molecule has 31 heavy (non-hydrogen) atoms. The summed E-state index contributed by atoms with van der Waals surface area (Å²) in [5.74, 6) is 3.13. The highest BCUT2D eigenvalue weighted by atomic mass is 16.5. The van der Waals surface area contributed by atoms with E-state index in [-0.39, 0.29) is 6.04 Å². The molecule has 0 fully saturated rings. The van der Waals surface area contributed by atoms with Crippen LogP contribution in [0.5, 0.6) is 23.0 Å². The molecule has 0 saturated carbocycles. The van der Waals surface area contributed by atoms with Crippen molar-refractivity contribution in [2.75, 3.05) is 21.3 Å². The van der Waals surface area contributed by atoms with E-state index in [4.69, 9.17) is 24.0 Å². The number of rotatable bonds is 5. The molecule has 0 unspecified atom stereocenters. The van der Waals surface area contributed by atoms with E-state index in [1.807, 2.05) is 65.7 Å². The van der Waals surface area contributed by atoms with Crippen LogP contribution in [0.25, 0.3) is 0 Å². The lowest BCUT2D eigenvalue weighted by Crippen LogP contribution is -2.33. The van der Waals surface area contributed by atoms with Crippen LogP contribution < -0.4 is 18.9 Å². The number of ether oxygens (including phenoxy) is 4. The van der Waals surface area contributed by atoms with Gasteiger partial charge in [0.05, 0.1) is 38.6 Å². The number of methoxy groups -OCH3 is 3. The molecule has 0 aliphatic carbocycles. The summed E-state index contributed by atoms with van der Waals surface area (Å²) in [5.41, 5.74) is 3.97. The molecule has 0 spiro atoms. The van der Waals surface area contributed by atoms with Gasteiger partial charge in [-0.25, -0.2) is 5.01 Å². The van der Waals surface area contributed by atoms with Gasteiger partial charge in [0.15, 0.2) is 0 Å². The molecule has 6 heteroatoms. The first-order valence-electron chi connectivity index (χ1n) is 10.2. The molecule has 5 rings (SSSR count). The number of para-hydroxylation sites is 2. The van der Waals surface area contributed by atoms with Crippen LogP contribution >= 0.6 is 0 Å². The Morgan fingerprint density at radius 2 is 1.58 bits per heavy atom. The standard InChI is InChI=1S/C25H24N2O4/c1-28-16-12-13-17(24(14-16)30-3)20-15-21-18-8-4-7-11-23(18)31-25(27(21)26-20)19-9-5-6-10-22(19)29-2/h4-14,21,25H,15H2,1-3H3/t21-,25+/m0/s1. The maximum atomic E-state index is 6.44. The van der Waals surface area contributed by atoms with Crippen LogP contribution in [0.2, 0.25) is 0 Å². The molecule has 0 N–H and O–H groups in total. The Morgan fingerprint density at radius 3 is 2.35 bits per heavy atom. The summed E-state index contributed by atoms with van der Waals surface area (Å²) in [4.78, 5) is 0. The number of nitrogens with zero attached hydrogens (tertiary/aromatic N) is 2. The molecule has 2 aliphatic rings. The Bertz CT molecular complexity index is 1140. The summed E-state index contributed by atoms with van der Waals surface area (Å²) in [6.45, 7) is 0. The van der Waals surface area contributed by atoms with Crippen LogP contribution in [0.4, 0.5) is 0 Å². The van der Waals surface area contributed by atoms with Crippen LogP contribution in [0, 0.1) is 0 Å². The van der Waals surface area contributed by atoms with Crippen LogP contribution in [-0.2, 0) is 0 Å². The Kier molecular flexibility index (Phi) is 4.90. The summed E-state index contributed by atoms with van der Waals surface area (Å²) < 4.78 is 23.1. The third-order valence-corrected chi connectivity index (χ3v) is 5.82. The molecule has 0 aromatic heterocycles. The van der Waals surface area contributed by atoms with Crippen LogP contribution in [-0.4, -0.2) is 32.0 Å². The van der Waals surface area contributed by atoms with E-state index < -0.39 is 6.23 Å². The van der Waals surface area contributed by atoms with Crippen molar-refractivity contribution in [2.24, 2.45) is 5.10 Å². The molecule has 158 valence electrons. The number of fused-ring (bicyclic) bond motifs is 3. The Morgan fingerprint density at radius 1 is 0.839 bits per heavy atom. The Balaban J connectivity index is 1.61. The fourth-order valence-electron chi connectivity index (χ4n) is 4.31. The zero-order valence-electron chi connectivity index (χ0n) is 17.7. The highest BCUT2D eigenvalue weighted by Crippen LogP contribution is 2.49. The maximum absolute atomic E-state index is 6.44. The summed E-state index contributed by atoms with van der Waals surface area (Å²) >= 11 is 0. The number of hydrazone groups is 1. The van der Waals surface area contributed by atoms with Gasteiger partial charge in [-0.2, -0.15) is 5.10 Å². The van der Waals surface area contributed by atoms with Gasteiger partial charge in [-0.1, -0.05) is 30.3 Å². The fraction of sp³-hybridized carbons (Fsp3) is 0.240. The normalized spacial score (nSPS) is 19.1. The van der Waals surface area contributed by atoms with Crippen LogP contribution in [0.1, 0.15) is 35.4 Å². The van der Waals surface area contributed by atoms with Gasteiger partial charge in [-0.15, -0.1) is 0 Å². The first kappa shape index (κ1) is 19.3. The van der Waals surface area contributed by atoms with Crippen molar-refractivity contribution in [1.82, 2.24) is 5.01 Å². The predicted molar refractivity (Wildman–Crippen MR) is 118 cm³/mol. The van der Waals surface area contributed by atoms with Crippen molar-refractivity contribution < 1.29 is 18.9 Å². The zero-order chi connectivity index (χ0) is 21.4. The van der Waals surface area contributed by atoms with Crippen molar-refractivity contribution in [3.05, 3.63) is 83.4 Å². The number of hydrogen-bond acceptors (Lipinski definition) is 6. The molecule has 0 amide bonds. The Hall–Kier alpha value is -3.67. The monoisotopic (exact) mass is 416 g/mol. The van der Waals surface area contributed by atoms with E-state index in [0.717, 1.165) is 51.8 Å². The number of benzene rings is 3. The summed E-state index contributed by atoms with van der Waals surface area (Å²) in [6, 6.07) is 21.9. The summed E-state index contributed by atoms with van der Waals surface area (Å²) in [6.07, 6.45) is 0.354. The van der Waals surface area contributed by atoms with E-state index in [2.05, 4.69) is 6.07 Å². The van der Waals surface area contributed by atoms with E-state index in [0.29, 0.717) is 0 Å². The van der Waals surface area contributed by atoms with Crippen molar-refractivity contribution >= 4 is 5.71 Å². The van der Waals surface area contributed by atoms with Crippen molar-refractivity contribution in [1.29, 1.82) is 0 Å². The Labute approximate surface area is 181 Å². The third-order valence-electron chi connectivity index (χ3n) is 5.82. The highest BCUT2D eigenvalue weighted by molar-refractivity contribution is 6.04. The van der Waals surface area contributed by atoms with Crippen molar-refractivity contribution in [2.45, 2.75) is 18.7 Å². The largest absolute Gasteiger partial charge is 0.497 e. The predicted octanol–water partition coefficient (Wildman–Crippen LogP) is 4.95. The molecule has 2 heterocycles. The topological polar surface area (TPSA) is 52.5 Å². The van der Waals surface area contributed by atoms with Crippen LogP contribution in [0.3, 0.4) is 0 Å². The van der Waals surface area contributed by atoms with Gasteiger partial charge in [0, 0.05) is 23.6 Å². The van der Waals surface area contributed by atoms with Crippen LogP contribution in [0.15, 0.2) is 71.8 Å². The molecule has 2 aliphatic heterocycles. The van der Waals surface area contributed by atoms with Gasteiger partial charge in [0.1, 0.15) is 23.0 Å². The van der Waals surface area contributed by atoms with E-state index in [1.165, 1.54) is 0 Å². The molecule has 0 radical (unpaired) electrons. The van der Waals surface area contributed by atoms with Gasteiger partial charge < -0.3 is 18.9 Å². The van der Waals surface area contributed by atoms with Crippen molar-refractivity contribution in [3.8, 4) is 23.0 Å². The lowest BCUT2D eigenvalue weighted by molar-refractivity contribution is -0.0203. The zero-order valence-corrected chi connectivity index (χ0v) is 17.7. The average molecular weight is 416 g/mol. The van der Waals surface area contributed by atoms with E-state index >= 15 is 0 Å². The molecule has 3 aromatic carbocycles. The molecular weight excluding hydrogens is 392 g/mol. The minimum atomic E-state index is -0.391. The summed E-state index contributed by atoms with van der Waals surface area (Å²) in [5, 5.41) is 7.07. The van der Waals surface area contributed by atoms with E-state index in [9.17, 15) is 0 Å². The van der Waals surface area contributed by atoms with Gasteiger partial charge in [0.2, 0.25) is 6.23 Å². The molecule has 2 atom stereocenters. The van der Waals surface area contributed by atoms with Crippen molar-refractivity contribution in [3.63, 3.8) is 0 Å². The average Bonchev–Trinajstić information content (AvgIpc) is 3.28.